The molecule has 0 fully saturated rings. The molecule has 0 amide bonds. The number of phenols is 2. The van der Waals surface area contributed by atoms with Crippen LogP contribution in [0.3, 0.4) is 0 Å². The number of Topliss-reactive ketones (excluding diaryl/α,β-unsaturated/α-hetero) is 2. The van der Waals surface area contributed by atoms with Crippen molar-refractivity contribution in [2.75, 3.05) is 0 Å². The van der Waals surface area contributed by atoms with Crippen LogP contribution in [-0.4, -0.2) is 49.1 Å². The fraction of sp³-hybridized carbons (Fsp3) is 0.492. The van der Waals surface area contributed by atoms with E-state index in [0.29, 0.717) is 23.0 Å². The second kappa shape index (κ2) is 32.6. The first-order valence-corrected chi connectivity index (χ1v) is 28.7. The summed E-state index contributed by atoms with van der Waals surface area (Å²) in [6.45, 7) is 39.9. The van der Waals surface area contributed by atoms with Gasteiger partial charge in [-0.25, -0.2) is 0 Å². The van der Waals surface area contributed by atoms with Gasteiger partial charge in [0.2, 0.25) is 0 Å². The van der Waals surface area contributed by atoms with Crippen LogP contribution in [0.5, 0.6) is 11.5 Å². The van der Waals surface area contributed by atoms with Gasteiger partial charge < -0.3 is 20.1 Å². The molecule has 4 aromatic carbocycles. The Labute approximate surface area is 444 Å². The molecule has 0 spiro atoms. The fourth-order valence-corrected chi connectivity index (χ4v) is 8.58. The molecule has 0 heterocycles. The molecular weight excluding hydrogens is 971 g/mol. The summed E-state index contributed by atoms with van der Waals surface area (Å²) < 4.78 is -0.188. The van der Waals surface area contributed by atoms with Gasteiger partial charge >= 0.3 is 35.6 Å². The summed E-state index contributed by atoms with van der Waals surface area (Å²) in [5, 5.41) is 35.2. The van der Waals surface area contributed by atoms with E-state index in [1.165, 1.54) is 17.3 Å². The minimum absolute atomic E-state index is 0. The Kier molecular flexibility index (Phi) is 31.9. The number of allylic oxidation sites excluding steroid dienone is 3. The summed E-state index contributed by atoms with van der Waals surface area (Å²) in [5.41, 5.74) is 0.719. The zero-order chi connectivity index (χ0) is 53.6. The van der Waals surface area contributed by atoms with E-state index in [-0.39, 0.29) is 70.4 Å². The fourth-order valence-electron chi connectivity index (χ4n) is 7.66. The number of aliphatic hydroxyl groups is 1. The first kappa shape index (κ1) is 68.6. The predicted molar refractivity (Wildman–Crippen MR) is 300 cm³/mol. The molecule has 0 aliphatic carbocycles. The Morgan fingerprint density at radius 1 is 0.671 bits per heavy atom. The number of ketones is 2. The second-order valence-corrected chi connectivity index (χ2v) is 25.0. The number of thioether (sulfide) groups is 1. The normalized spacial score (nSPS) is 14.1. The molecule has 7 atom stereocenters. The van der Waals surface area contributed by atoms with Crippen molar-refractivity contribution in [1.82, 2.24) is 0 Å². The standard InChI is InChI=1S/C20H36O3S.C20H14O2.C14H24O2.C4H8.CH4.2ClH.Ti/c1-10-11-13(2)14(3)15(4)18(23)20(8,9)16(21)12-17(22)24-19(5,6)7;21-17-11-9-13-5-1-3-7-15(13)19(17)20-16-8-4-2-6-14(16)10-12-18(20)22;1-7-8-10(2)11(3)12(4)13(16)14(5,6)9-15;1-4(2)3;;;;/h10,13-16,21H,1,11-12H2,2-9H3;1-12,21-22H;7,9-12H,1,8H2,2-6H3;1H2,2-3H3;1H4;2*1H;/q;;;;;;;+2/p-2/t13?,14-,15+,16-;;10?,11-,12+;;;;;/m0.0...../s1. The Morgan fingerprint density at radius 3 is 1.34 bits per heavy atom. The van der Waals surface area contributed by atoms with Gasteiger partial charge in [0.15, 0.2) is 5.12 Å². The minimum atomic E-state index is -0.961. The number of benzene rings is 4. The van der Waals surface area contributed by atoms with E-state index >= 15 is 0 Å². The van der Waals surface area contributed by atoms with Crippen molar-refractivity contribution in [3.05, 3.63) is 110 Å². The quantitative estimate of drug-likeness (QED) is 0.0413. The third-order valence-electron chi connectivity index (χ3n) is 12.5. The zero-order valence-electron chi connectivity index (χ0n) is 44.1. The number of fused-ring (bicyclic) bond motifs is 2. The number of aromatic hydroxyl groups is 2. The van der Waals surface area contributed by atoms with Crippen molar-refractivity contribution in [3.63, 3.8) is 0 Å². The molecule has 7 nitrogen and oxygen atoms in total. The van der Waals surface area contributed by atoms with Crippen LogP contribution in [0.2, 0.25) is 0 Å². The molecule has 0 aliphatic heterocycles. The van der Waals surface area contributed by atoms with Crippen LogP contribution in [0.15, 0.2) is 110 Å². The van der Waals surface area contributed by atoms with Crippen LogP contribution < -0.4 is 0 Å². The Balaban J connectivity index is 0. The average Bonchev–Trinajstić information content (AvgIpc) is 3.27. The van der Waals surface area contributed by atoms with Gasteiger partial charge in [-0.05, 0) is 97.9 Å². The molecule has 4 aromatic rings. The van der Waals surface area contributed by atoms with Crippen LogP contribution in [-0.2, 0) is 36.2 Å². The molecule has 388 valence electrons. The summed E-state index contributed by atoms with van der Waals surface area (Å²) in [5.74, 6) is 1.37. The van der Waals surface area contributed by atoms with E-state index in [2.05, 4.69) is 47.4 Å². The molecule has 70 heavy (non-hydrogen) atoms. The summed E-state index contributed by atoms with van der Waals surface area (Å²) >= 11 is 0.662. The van der Waals surface area contributed by atoms with Crippen LogP contribution in [0, 0.1) is 46.3 Å². The van der Waals surface area contributed by atoms with Crippen LogP contribution >= 0.6 is 30.4 Å². The number of halogens is 2. The first-order chi connectivity index (χ1) is 31.9. The van der Waals surface area contributed by atoms with E-state index in [1.54, 1.807) is 39.8 Å². The molecule has 0 radical (unpaired) electrons. The molecule has 3 N–H and O–H groups in total. The number of aliphatic hydroxyl groups excluding tert-OH is 1. The molecule has 0 saturated carbocycles. The number of carbonyl (C=O) groups is 4. The SMILES string of the molecule is C.C=C(C)C.C=CCC(C)[C@H](C)[C@@H](C)C(=O)C(C)(C)C=O.C=CCC(C)[C@H](C)[C@@H](C)C(=O)C(C)(C)[C@@H](O)CC(=O)SC(C)(C)C.Oc1ccc2ccccc2c1-c1c(O)ccc2ccccc12.[Cl][Ti][Cl]. The zero-order valence-corrected chi connectivity index (χ0v) is 48.0. The summed E-state index contributed by atoms with van der Waals surface area (Å²) in [7, 11) is 9.78. The second-order valence-electron chi connectivity index (χ2n) is 20.5. The molecular formula is C59H86Cl2O7STi. The van der Waals surface area contributed by atoms with E-state index in [1.807, 2.05) is 121 Å². The van der Waals surface area contributed by atoms with Gasteiger partial charge in [-0.1, -0.05) is 174 Å². The Morgan fingerprint density at radius 2 is 1.01 bits per heavy atom. The molecule has 4 rings (SSSR count). The first-order valence-electron chi connectivity index (χ1n) is 23.6. The van der Waals surface area contributed by atoms with E-state index in [0.717, 1.165) is 40.7 Å². The topological polar surface area (TPSA) is 129 Å². The maximum absolute atomic E-state index is 12.9. The molecule has 0 aromatic heterocycles. The van der Waals surface area contributed by atoms with Gasteiger partial charge in [0, 0.05) is 39.5 Å². The molecule has 0 saturated heterocycles. The Bertz CT molecular complexity index is 2210. The van der Waals surface area contributed by atoms with E-state index in [4.69, 9.17) is 18.6 Å². The van der Waals surface area contributed by atoms with Crippen LogP contribution in [0.4, 0.5) is 0 Å². The van der Waals surface area contributed by atoms with Crippen molar-refractivity contribution < 1.29 is 51.5 Å². The Hall–Kier alpha value is -3.50. The molecule has 2 unspecified atom stereocenters. The van der Waals surface area contributed by atoms with Crippen molar-refractivity contribution in [3.8, 4) is 22.6 Å². The van der Waals surface area contributed by atoms with Gasteiger partial charge in [0.25, 0.3) is 0 Å². The van der Waals surface area contributed by atoms with E-state index in [9.17, 15) is 34.5 Å². The number of carbonyl (C=O) groups excluding carboxylic acids is 4. The van der Waals surface area contributed by atoms with Gasteiger partial charge in [0.05, 0.1) is 11.5 Å². The monoisotopic (exact) mass is 1060 g/mol. The number of aldehydes is 1. The summed E-state index contributed by atoms with van der Waals surface area (Å²) in [4.78, 5) is 48.0. The van der Waals surface area contributed by atoms with Crippen molar-refractivity contribution in [2.24, 2.45) is 46.3 Å². The summed E-state index contributed by atoms with van der Waals surface area (Å²) in [6, 6.07) is 22.9. The van der Waals surface area contributed by atoms with Gasteiger partial charge in [0.1, 0.15) is 29.4 Å². The van der Waals surface area contributed by atoms with Gasteiger partial charge in [-0.15, -0.1) is 19.7 Å². The number of hydrogen-bond donors (Lipinski definition) is 3. The van der Waals surface area contributed by atoms with Crippen molar-refractivity contribution >= 4 is 74.9 Å². The summed E-state index contributed by atoms with van der Waals surface area (Å²) in [6.07, 6.45) is 5.31. The molecule has 0 aliphatic rings. The van der Waals surface area contributed by atoms with Crippen molar-refractivity contribution in [2.45, 2.75) is 141 Å². The number of phenolic OH excluding ortho intramolecular Hbond substituents is 2. The van der Waals surface area contributed by atoms with Crippen LogP contribution in [0.25, 0.3) is 32.7 Å². The predicted octanol–water partition coefficient (Wildman–Crippen LogP) is 16.8. The maximum atomic E-state index is 12.9. The van der Waals surface area contributed by atoms with E-state index < -0.39 is 34.0 Å². The van der Waals surface area contributed by atoms with Crippen molar-refractivity contribution in [1.29, 1.82) is 0 Å². The van der Waals surface area contributed by atoms with Crippen LogP contribution in [0.1, 0.15) is 131 Å². The third-order valence-corrected chi connectivity index (χ3v) is 13.5. The number of hydrogen-bond acceptors (Lipinski definition) is 8. The molecule has 0 bridgehead atoms. The third kappa shape index (κ3) is 22.1. The van der Waals surface area contributed by atoms with Gasteiger partial charge in [-0.3, -0.25) is 14.4 Å². The average molecular weight is 1060 g/mol. The number of rotatable bonds is 17. The van der Waals surface area contributed by atoms with Gasteiger partial charge in [-0.2, -0.15) is 0 Å². The molecule has 11 heteroatoms.